The summed E-state index contributed by atoms with van der Waals surface area (Å²) in [7, 11) is 0. The van der Waals surface area contributed by atoms with Gasteiger partial charge >= 0.3 is 0 Å². The van der Waals surface area contributed by atoms with Crippen LogP contribution in [0.15, 0.2) is 0 Å². The van der Waals surface area contributed by atoms with Gasteiger partial charge in [0.25, 0.3) is 0 Å². The van der Waals surface area contributed by atoms with E-state index < -0.39 is 0 Å². The molecule has 1 saturated carbocycles. The SMILES string of the molecule is CCCC(=O)N1CCCCC1C(=O)N1CCN(C(=O)C2CCCCC2)CC1. The first-order valence-corrected chi connectivity index (χ1v) is 11.0. The van der Waals surface area contributed by atoms with E-state index in [-0.39, 0.29) is 23.8 Å². The second-order valence-corrected chi connectivity index (χ2v) is 8.33. The van der Waals surface area contributed by atoms with Crippen LogP contribution in [-0.2, 0) is 14.4 Å². The molecule has 0 spiro atoms. The molecule has 1 unspecified atom stereocenters. The lowest BCUT2D eigenvalue weighted by molar-refractivity contribution is -0.150. The summed E-state index contributed by atoms with van der Waals surface area (Å²) in [5.41, 5.74) is 0. The monoisotopic (exact) mass is 377 g/mol. The highest BCUT2D eigenvalue weighted by Gasteiger charge is 2.36. The summed E-state index contributed by atoms with van der Waals surface area (Å²) in [6, 6.07) is -0.293. The molecule has 6 heteroatoms. The molecule has 0 bridgehead atoms. The number of hydrogen-bond donors (Lipinski definition) is 0. The number of likely N-dealkylation sites (tertiary alicyclic amines) is 1. The summed E-state index contributed by atoms with van der Waals surface area (Å²) < 4.78 is 0. The fourth-order valence-corrected chi connectivity index (χ4v) is 4.81. The Morgan fingerprint density at radius 2 is 1.33 bits per heavy atom. The summed E-state index contributed by atoms with van der Waals surface area (Å²) in [6.45, 7) is 5.18. The number of carbonyl (C=O) groups excluding carboxylic acids is 3. The van der Waals surface area contributed by atoms with Gasteiger partial charge in [0.05, 0.1) is 0 Å². The minimum Gasteiger partial charge on any atom is -0.339 e. The Bertz CT molecular complexity index is 537. The van der Waals surface area contributed by atoms with Crippen molar-refractivity contribution in [1.82, 2.24) is 14.7 Å². The molecule has 1 aliphatic carbocycles. The molecule has 3 rings (SSSR count). The van der Waals surface area contributed by atoms with Crippen molar-refractivity contribution in [3.63, 3.8) is 0 Å². The maximum absolute atomic E-state index is 13.1. The van der Waals surface area contributed by atoms with E-state index >= 15 is 0 Å². The molecule has 2 heterocycles. The smallest absolute Gasteiger partial charge is 0.245 e. The van der Waals surface area contributed by atoms with E-state index in [1.54, 1.807) is 0 Å². The van der Waals surface area contributed by atoms with Crippen molar-refractivity contribution < 1.29 is 14.4 Å². The van der Waals surface area contributed by atoms with Gasteiger partial charge in [-0.3, -0.25) is 14.4 Å². The summed E-state index contributed by atoms with van der Waals surface area (Å²) in [5, 5.41) is 0. The molecule has 3 amide bonds. The molecule has 2 saturated heterocycles. The Morgan fingerprint density at radius 1 is 0.741 bits per heavy atom. The van der Waals surface area contributed by atoms with Gasteiger partial charge in [-0.25, -0.2) is 0 Å². The van der Waals surface area contributed by atoms with E-state index in [9.17, 15) is 14.4 Å². The van der Waals surface area contributed by atoms with Crippen molar-refractivity contribution in [2.24, 2.45) is 5.92 Å². The number of amides is 3. The second kappa shape index (κ2) is 9.56. The van der Waals surface area contributed by atoms with Crippen LogP contribution >= 0.6 is 0 Å². The number of rotatable bonds is 4. The predicted molar refractivity (Wildman–Crippen MR) is 104 cm³/mol. The van der Waals surface area contributed by atoms with E-state index in [0.29, 0.717) is 45.1 Å². The number of piperidine rings is 1. The molecule has 0 N–H and O–H groups in total. The molecule has 1 atom stereocenters. The van der Waals surface area contributed by atoms with Crippen LogP contribution in [0.25, 0.3) is 0 Å². The standard InChI is InChI=1S/C21H35N3O3/c1-2-8-19(25)24-12-7-6-11-18(24)21(27)23-15-13-22(14-16-23)20(26)17-9-4-3-5-10-17/h17-18H,2-16H2,1H3. The largest absolute Gasteiger partial charge is 0.339 e. The van der Waals surface area contributed by atoms with Crippen LogP contribution < -0.4 is 0 Å². The van der Waals surface area contributed by atoms with Crippen molar-refractivity contribution in [1.29, 1.82) is 0 Å². The van der Waals surface area contributed by atoms with Crippen LogP contribution in [0.5, 0.6) is 0 Å². The van der Waals surface area contributed by atoms with E-state index in [4.69, 9.17) is 0 Å². The molecular weight excluding hydrogens is 342 g/mol. The lowest BCUT2D eigenvalue weighted by Crippen LogP contribution is -2.58. The lowest BCUT2D eigenvalue weighted by Gasteiger charge is -2.41. The molecule has 0 aromatic carbocycles. The van der Waals surface area contributed by atoms with Crippen LogP contribution in [0.3, 0.4) is 0 Å². The third-order valence-corrected chi connectivity index (χ3v) is 6.43. The van der Waals surface area contributed by atoms with Gasteiger partial charge in [0.15, 0.2) is 0 Å². The minimum atomic E-state index is -0.293. The van der Waals surface area contributed by atoms with Crippen molar-refractivity contribution in [3.8, 4) is 0 Å². The highest BCUT2D eigenvalue weighted by molar-refractivity contribution is 5.88. The molecule has 3 aliphatic rings. The zero-order valence-corrected chi connectivity index (χ0v) is 16.8. The van der Waals surface area contributed by atoms with Gasteiger partial charge in [-0.1, -0.05) is 26.2 Å². The summed E-state index contributed by atoms with van der Waals surface area (Å²) in [6.07, 6.45) is 9.73. The normalized spacial score (nSPS) is 24.8. The predicted octanol–water partition coefficient (Wildman–Crippen LogP) is 2.42. The highest BCUT2D eigenvalue weighted by atomic mass is 16.2. The average molecular weight is 378 g/mol. The number of nitrogens with zero attached hydrogens (tertiary/aromatic N) is 3. The fraction of sp³-hybridized carbons (Fsp3) is 0.857. The van der Waals surface area contributed by atoms with E-state index in [1.807, 2.05) is 21.6 Å². The van der Waals surface area contributed by atoms with E-state index in [1.165, 1.54) is 6.42 Å². The molecule has 0 aromatic rings. The first-order chi connectivity index (χ1) is 13.1. The summed E-state index contributed by atoms with van der Waals surface area (Å²) >= 11 is 0. The van der Waals surface area contributed by atoms with Gasteiger partial charge in [0.2, 0.25) is 17.7 Å². The lowest BCUT2D eigenvalue weighted by atomic mass is 9.88. The highest BCUT2D eigenvalue weighted by Crippen LogP contribution is 2.26. The van der Waals surface area contributed by atoms with Gasteiger partial charge < -0.3 is 14.7 Å². The molecule has 2 aliphatic heterocycles. The molecule has 0 aromatic heterocycles. The molecule has 3 fully saturated rings. The second-order valence-electron chi connectivity index (χ2n) is 8.33. The Hall–Kier alpha value is -1.59. The van der Waals surface area contributed by atoms with Crippen LogP contribution in [0.4, 0.5) is 0 Å². The maximum Gasteiger partial charge on any atom is 0.245 e. The van der Waals surface area contributed by atoms with Crippen LogP contribution in [0, 0.1) is 5.92 Å². The quantitative estimate of drug-likeness (QED) is 0.756. The summed E-state index contributed by atoms with van der Waals surface area (Å²) in [4.78, 5) is 43.9. The zero-order valence-electron chi connectivity index (χ0n) is 16.8. The van der Waals surface area contributed by atoms with E-state index in [2.05, 4.69) is 0 Å². The number of hydrogen-bond acceptors (Lipinski definition) is 3. The van der Waals surface area contributed by atoms with Crippen LogP contribution in [0.2, 0.25) is 0 Å². The fourth-order valence-electron chi connectivity index (χ4n) is 4.81. The number of piperazine rings is 1. The van der Waals surface area contributed by atoms with Crippen molar-refractivity contribution in [2.75, 3.05) is 32.7 Å². The van der Waals surface area contributed by atoms with Crippen molar-refractivity contribution >= 4 is 17.7 Å². The van der Waals surface area contributed by atoms with Gasteiger partial charge in [0, 0.05) is 45.1 Å². The first kappa shape index (κ1) is 20.2. The van der Waals surface area contributed by atoms with Crippen LogP contribution in [-0.4, -0.2) is 71.2 Å². The zero-order chi connectivity index (χ0) is 19.2. The Balaban J connectivity index is 1.54. The van der Waals surface area contributed by atoms with Crippen molar-refractivity contribution in [3.05, 3.63) is 0 Å². The van der Waals surface area contributed by atoms with E-state index in [0.717, 1.165) is 51.4 Å². The molecule has 152 valence electrons. The van der Waals surface area contributed by atoms with Gasteiger partial charge in [-0.2, -0.15) is 0 Å². The third kappa shape index (κ3) is 4.82. The third-order valence-electron chi connectivity index (χ3n) is 6.43. The molecule has 6 nitrogen and oxygen atoms in total. The minimum absolute atomic E-state index is 0.0870. The number of carbonyl (C=O) groups is 3. The Kier molecular flexibility index (Phi) is 7.13. The Labute approximate surface area is 163 Å². The maximum atomic E-state index is 13.1. The van der Waals surface area contributed by atoms with Crippen molar-refractivity contribution in [2.45, 2.75) is 77.2 Å². The molecule has 27 heavy (non-hydrogen) atoms. The van der Waals surface area contributed by atoms with Gasteiger partial charge in [0.1, 0.15) is 6.04 Å². The molecule has 0 radical (unpaired) electrons. The van der Waals surface area contributed by atoms with Gasteiger partial charge in [-0.15, -0.1) is 0 Å². The topological polar surface area (TPSA) is 60.9 Å². The molecular formula is C21H35N3O3. The summed E-state index contributed by atoms with van der Waals surface area (Å²) in [5.74, 6) is 0.686. The van der Waals surface area contributed by atoms with Gasteiger partial charge in [-0.05, 0) is 38.5 Å². The Morgan fingerprint density at radius 3 is 1.96 bits per heavy atom. The van der Waals surface area contributed by atoms with Crippen LogP contribution in [0.1, 0.15) is 71.1 Å². The first-order valence-electron chi connectivity index (χ1n) is 11.0. The average Bonchev–Trinajstić information content (AvgIpc) is 2.73.